The van der Waals surface area contributed by atoms with E-state index in [1.165, 1.54) is 12.1 Å². The molecule has 1 saturated carbocycles. The summed E-state index contributed by atoms with van der Waals surface area (Å²) >= 11 is 2.08. The molecule has 98 valence electrons. The Hall–Kier alpha value is -0.850. The maximum Gasteiger partial charge on any atom is 0.306 e. The van der Waals surface area contributed by atoms with Crippen LogP contribution in [0.5, 0.6) is 0 Å². The fourth-order valence-electron chi connectivity index (χ4n) is 2.37. The van der Waals surface area contributed by atoms with Crippen molar-refractivity contribution in [3.8, 4) is 0 Å². The van der Waals surface area contributed by atoms with Gasteiger partial charge in [0.2, 0.25) is 0 Å². The number of halogens is 2. The van der Waals surface area contributed by atoms with E-state index in [-0.39, 0.29) is 17.8 Å². The molecule has 5 heteroatoms. The SMILES string of the molecule is O=C(O)C1CCCC(Nc2ccc(F)cc2I)C1. The van der Waals surface area contributed by atoms with Crippen LogP contribution in [0.2, 0.25) is 0 Å². The maximum atomic E-state index is 13.0. The molecule has 1 aliphatic rings. The number of rotatable bonds is 3. The minimum Gasteiger partial charge on any atom is -0.481 e. The first kappa shape index (κ1) is 13.6. The number of carboxylic acids is 1. The molecule has 0 radical (unpaired) electrons. The van der Waals surface area contributed by atoms with E-state index in [1.54, 1.807) is 6.07 Å². The van der Waals surface area contributed by atoms with Crippen LogP contribution < -0.4 is 5.32 Å². The predicted octanol–water partition coefficient (Wildman–Crippen LogP) is 3.49. The van der Waals surface area contributed by atoms with Crippen LogP contribution in [0.4, 0.5) is 10.1 Å². The highest BCUT2D eigenvalue weighted by molar-refractivity contribution is 14.1. The van der Waals surface area contributed by atoms with Crippen molar-refractivity contribution in [1.29, 1.82) is 0 Å². The number of anilines is 1. The molecule has 2 atom stereocenters. The summed E-state index contributed by atoms with van der Waals surface area (Å²) in [7, 11) is 0. The first-order valence-corrected chi connectivity index (χ1v) is 7.08. The van der Waals surface area contributed by atoms with Crippen molar-refractivity contribution >= 4 is 34.2 Å². The number of hydrogen-bond donors (Lipinski definition) is 2. The fraction of sp³-hybridized carbons (Fsp3) is 0.462. The minimum absolute atomic E-state index is 0.166. The normalized spacial score (nSPS) is 23.7. The summed E-state index contributed by atoms with van der Waals surface area (Å²) < 4.78 is 13.8. The summed E-state index contributed by atoms with van der Waals surface area (Å²) in [4.78, 5) is 11.0. The summed E-state index contributed by atoms with van der Waals surface area (Å²) in [5, 5.41) is 12.4. The van der Waals surface area contributed by atoms with Crippen LogP contribution in [-0.4, -0.2) is 17.1 Å². The highest BCUT2D eigenvalue weighted by Gasteiger charge is 2.27. The van der Waals surface area contributed by atoms with Crippen LogP contribution in [0.1, 0.15) is 25.7 Å². The van der Waals surface area contributed by atoms with Crippen LogP contribution in [0.3, 0.4) is 0 Å². The predicted molar refractivity (Wildman–Crippen MR) is 76.1 cm³/mol. The zero-order chi connectivity index (χ0) is 13.1. The molecule has 1 aromatic carbocycles. The number of aliphatic carboxylic acids is 1. The fourth-order valence-corrected chi connectivity index (χ4v) is 3.00. The molecule has 1 aromatic rings. The molecule has 0 amide bonds. The molecule has 18 heavy (non-hydrogen) atoms. The van der Waals surface area contributed by atoms with E-state index in [2.05, 4.69) is 27.9 Å². The quantitative estimate of drug-likeness (QED) is 0.809. The molecule has 0 saturated heterocycles. The van der Waals surface area contributed by atoms with E-state index in [9.17, 15) is 9.18 Å². The third-order valence-electron chi connectivity index (χ3n) is 3.31. The van der Waals surface area contributed by atoms with Gasteiger partial charge in [-0.15, -0.1) is 0 Å². The lowest BCUT2D eigenvalue weighted by atomic mass is 9.85. The van der Waals surface area contributed by atoms with Crippen molar-refractivity contribution in [2.24, 2.45) is 5.92 Å². The molecule has 3 nitrogen and oxygen atoms in total. The largest absolute Gasteiger partial charge is 0.481 e. The van der Waals surface area contributed by atoms with Gasteiger partial charge in [-0.05, 0) is 60.1 Å². The summed E-state index contributed by atoms with van der Waals surface area (Å²) in [6, 6.07) is 4.77. The lowest BCUT2D eigenvalue weighted by Gasteiger charge is -2.28. The van der Waals surface area contributed by atoms with Crippen LogP contribution in [-0.2, 0) is 4.79 Å². The standard InChI is InChI=1S/C13H15FINO2/c14-9-4-5-12(11(15)7-9)16-10-3-1-2-8(6-10)13(17)18/h4-5,7-8,10,16H,1-3,6H2,(H,17,18). The van der Waals surface area contributed by atoms with Gasteiger partial charge in [-0.2, -0.15) is 0 Å². The number of benzene rings is 1. The van der Waals surface area contributed by atoms with E-state index in [4.69, 9.17) is 5.11 Å². The third-order valence-corrected chi connectivity index (χ3v) is 4.21. The Labute approximate surface area is 119 Å². The monoisotopic (exact) mass is 363 g/mol. The number of hydrogen-bond acceptors (Lipinski definition) is 2. The number of carboxylic acid groups (broad SMARTS) is 1. The first-order chi connectivity index (χ1) is 8.56. The van der Waals surface area contributed by atoms with Crippen LogP contribution in [0, 0.1) is 15.3 Å². The van der Waals surface area contributed by atoms with E-state index in [0.717, 1.165) is 28.5 Å². The second kappa shape index (κ2) is 5.86. The topological polar surface area (TPSA) is 49.3 Å². The number of carbonyl (C=O) groups is 1. The van der Waals surface area contributed by atoms with Gasteiger partial charge in [0.15, 0.2) is 0 Å². The summed E-state index contributed by atoms with van der Waals surface area (Å²) in [6.45, 7) is 0. The van der Waals surface area contributed by atoms with Crippen LogP contribution in [0.25, 0.3) is 0 Å². The molecule has 1 aliphatic carbocycles. The zero-order valence-corrected chi connectivity index (χ0v) is 12.0. The van der Waals surface area contributed by atoms with Gasteiger partial charge < -0.3 is 10.4 Å². The first-order valence-electron chi connectivity index (χ1n) is 6.00. The van der Waals surface area contributed by atoms with E-state index < -0.39 is 5.97 Å². The van der Waals surface area contributed by atoms with Gasteiger partial charge in [0, 0.05) is 15.3 Å². The minimum atomic E-state index is -0.713. The lowest BCUT2D eigenvalue weighted by molar-refractivity contribution is -0.142. The van der Waals surface area contributed by atoms with Gasteiger partial charge in [0.05, 0.1) is 5.92 Å². The van der Waals surface area contributed by atoms with Gasteiger partial charge in [0.25, 0.3) is 0 Å². The van der Waals surface area contributed by atoms with Crippen molar-refractivity contribution in [2.45, 2.75) is 31.7 Å². The van der Waals surface area contributed by atoms with Gasteiger partial charge in [-0.1, -0.05) is 6.42 Å². The average molecular weight is 363 g/mol. The molecule has 2 N–H and O–H groups in total. The zero-order valence-electron chi connectivity index (χ0n) is 9.83. The highest BCUT2D eigenvalue weighted by atomic mass is 127. The van der Waals surface area contributed by atoms with Crippen molar-refractivity contribution in [2.75, 3.05) is 5.32 Å². The van der Waals surface area contributed by atoms with E-state index >= 15 is 0 Å². The molecule has 2 rings (SSSR count). The highest BCUT2D eigenvalue weighted by Crippen LogP contribution is 2.28. The molecule has 0 aliphatic heterocycles. The Morgan fingerprint density at radius 2 is 2.22 bits per heavy atom. The Balaban J connectivity index is 2.02. The average Bonchev–Trinajstić information content (AvgIpc) is 2.33. The van der Waals surface area contributed by atoms with Gasteiger partial charge in [-0.3, -0.25) is 4.79 Å². The van der Waals surface area contributed by atoms with E-state index in [0.29, 0.717) is 6.42 Å². The smallest absolute Gasteiger partial charge is 0.306 e. The van der Waals surface area contributed by atoms with Gasteiger partial charge >= 0.3 is 5.97 Å². The summed E-state index contributed by atoms with van der Waals surface area (Å²) in [6.07, 6.45) is 3.29. The van der Waals surface area contributed by atoms with Gasteiger partial charge in [-0.25, -0.2) is 4.39 Å². The lowest BCUT2D eigenvalue weighted by Crippen LogP contribution is -2.31. The van der Waals surface area contributed by atoms with Gasteiger partial charge in [0.1, 0.15) is 5.82 Å². The Morgan fingerprint density at radius 1 is 1.44 bits per heavy atom. The van der Waals surface area contributed by atoms with Crippen molar-refractivity contribution < 1.29 is 14.3 Å². The summed E-state index contributed by atoms with van der Waals surface area (Å²) in [5.41, 5.74) is 0.882. The van der Waals surface area contributed by atoms with Crippen molar-refractivity contribution in [3.63, 3.8) is 0 Å². The number of nitrogens with one attached hydrogen (secondary N) is 1. The molecule has 2 unspecified atom stereocenters. The van der Waals surface area contributed by atoms with Crippen LogP contribution in [0.15, 0.2) is 18.2 Å². The van der Waals surface area contributed by atoms with E-state index in [1.807, 2.05) is 0 Å². The molecule has 0 bridgehead atoms. The maximum absolute atomic E-state index is 13.0. The van der Waals surface area contributed by atoms with Crippen molar-refractivity contribution in [3.05, 3.63) is 27.6 Å². The Morgan fingerprint density at radius 3 is 2.89 bits per heavy atom. The third kappa shape index (κ3) is 3.34. The molecule has 0 heterocycles. The van der Waals surface area contributed by atoms with Crippen molar-refractivity contribution in [1.82, 2.24) is 0 Å². The molecule has 0 aromatic heterocycles. The Bertz CT molecular complexity index is 453. The molecule has 1 fully saturated rings. The molecular formula is C13H15FINO2. The van der Waals surface area contributed by atoms with Crippen LogP contribution >= 0.6 is 22.6 Å². The Kier molecular flexibility index (Phi) is 4.42. The second-order valence-electron chi connectivity index (χ2n) is 4.67. The molecular weight excluding hydrogens is 348 g/mol. The second-order valence-corrected chi connectivity index (χ2v) is 5.83. The molecule has 0 spiro atoms. The summed E-state index contributed by atoms with van der Waals surface area (Å²) in [5.74, 6) is -1.22.